The molecule has 0 aliphatic carbocycles. The quantitative estimate of drug-likeness (QED) is 0.761. The molecule has 0 amide bonds. The van der Waals surface area contributed by atoms with Crippen LogP contribution in [0.25, 0.3) is 0 Å². The average Bonchev–Trinajstić information content (AvgIpc) is 2.30. The van der Waals surface area contributed by atoms with Gasteiger partial charge >= 0.3 is 5.97 Å². The monoisotopic (exact) mass is 237 g/mol. The Bertz CT molecular complexity index is 431. The van der Waals surface area contributed by atoms with E-state index in [1.165, 1.54) is 7.11 Å². The maximum atomic E-state index is 11.5. The molecular formula is C12H15NO2S. The number of carbonyl (C=O) groups excluding carboxylic acids is 1. The van der Waals surface area contributed by atoms with E-state index in [9.17, 15) is 4.79 Å². The van der Waals surface area contributed by atoms with Crippen LogP contribution in [0.1, 0.15) is 33.9 Å². The van der Waals surface area contributed by atoms with Crippen LogP contribution in [0.5, 0.6) is 0 Å². The average molecular weight is 237 g/mol. The number of nitrogens with two attached hydrogens (primary N) is 1. The number of fused-ring (bicyclic) bond motifs is 1. The second-order valence-electron chi connectivity index (χ2n) is 3.89. The lowest BCUT2D eigenvalue weighted by molar-refractivity contribution is 0.0599. The van der Waals surface area contributed by atoms with Crippen molar-refractivity contribution in [3.63, 3.8) is 0 Å². The fraction of sp³-hybridized carbons (Fsp3) is 0.417. The van der Waals surface area contributed by atoms with Gasteiger partial charge in [0.25, 0.3) is 0 Å². The summed E-state index contributed by atoms with van der Waals surface area (Å²) in [5, 5.41) is 0. The van der Waals surface area contributed by atoms with Gasteiger partial charge in [-0.25, -0.2) is 4.79 Å². The van der Waals surface area contributed by atoms with Crippen LogP contribution in [0.3, 0.4) is 0 Å². The minimum Gasteiger partial charge on any atom is -0.465 e. The molecule has 0 radical (unpaired) electrons. The van der Waals surface area contributed by atoms with Crippen molar-refractivity contribution in [2.24, 2.45) is 5.73 Å². The molecule has 2 rings (SSSR count). The normalized spacial score (nSPS) is 19.1. The summed E-state index contributed by atoms with van der Waals surface area (Å²) in [5.41, 5.74) is 8.83. The van der Waals surface area contributed by atoms with Crippen molar-refractivity contribution in [1.82, 2.24) is 0 Å². The van der Waals surface area contributed by atoms with Gasteiger partial charge in [0.05, 0.1) is 12.7 Å². The van der Waals surface area contributed by atoms with Crippen molar-refractivity contribution in [2.45, 2.75) is 24.3 Å². The van der Waals surface area contributed by atoms with Crippen molar-refractivity contribution in [3.8, 4) is 0 Å². The SMILES string of the molecule is COC(=O)c1ccc2c(c1C)SCC[C@@H]2N. The highest BCUT2D eigenvalue weighted by Gasteiger charge is 2.22. The topological polar surface area (TPSA) is 52.3 Å². The van der Waals surface area contributed by atoms with Crippen LogP contribution in [-0.2, 0) is 4.74 Å². The third-order valence-electron chi connectivity index (χ3n) is 2.92. The summed E-state index contributed by atoms with van der Waals surface area (Å²) in [6, 6.07) is 3.86. The van der Waals surface area contributed by atoms with Gasteiger partial charge in [0, 0.05) is 10.9 Å². The first-order chi connectivity index (χ1) is 7.65. The molecule has 0 aromatic heterocycles. The lowest BCUT2D eigenvalue weighted by atomic mass is 9.98. The van der Waals surface area contributed by atoms with Crippen LogP contribution >= 0.6 is 11.8 Å². The van der Waals surface area contributed by atoms with Crippen molar-refractivity contribution in [2.75, 3.05) is 12.9 Å². The fourth-order valence-electron chi connectivity index (χ4n) is 1.97. The Morgan fingerprint density at radius 2 is 2.31 bits per heavy atom. The van der Waals surface area contributed by atoms with Crippen LogP contribution < -0.4 is 5.73 Å². The molecule has 1 aromatic rings. The second-order valence-corrected chi connectivity index (χ2v) is 5.00. The molecule has 1 heterocycles. The molecule has 2 N–H and O–H groups in total. The number of thioether (sulfide) groups is 1. The highest BCUT2D eigenvalue weighted by molar-refractivity contribution is 7.99. The lowest BCUT2D eigenvalue weighted by Gasteiger charge is -2.24. The van der Waals surface area contributed by atoms with Gasteiger partial charge in [-0.2, -0.15) is 0 Å². The molecule has 0 saturated carbocycles. The van der Waals surface area contributed by atoms with Crippen LogP contribution in [0.4, 0.5) is 0 Å². The van der Waals surface area contributed by atoms with Crippen LogP contribution in [0, 0.1) is 6.92 Å². The third-order valence-corrected chi connectivity index (χ3v) is 4.19. The number of hydrogen-bond donors (Lipinski definition) is 1. The molecule has 1 aliphatic rings. The predicted molar refractivity (Wildman–Crippen MR) is 64.8 cm³/mol. The van der Waals surface area contributed by atoms with E-state index in [0.29, 0.717) is 5.56 Å². The van der Waals surface area contributed by atoms with Gasteiger partial charge in [0.1, 0.15) is 0 Å². The Morgan fingerprint density at radius 3 is 3.00 bits per heavy atom. The number of ether oxygens (including phenoxy) is 1. The first kappa shape index (κ1) is 11.5. The summed E-state index contributed by atoms with van der Waals surface area (Å²) in [5.74, 6) is 0.736. The molecule has 0 bridgehead atoms. The zero-order valence-electron chi connectivity index (χ0n) is 9.45. The smallest absolute Gasteiger partial charge is 0.338 e. The zero-order valence-corrected chi connectivity index (χ0v) is 10.3. The maximum absolute atomic E-state index is 11.5. The highest BCUT2D eigenvalue weighted by atomic mass is 32.2. The summed E-state index contributed by atoms with van der Waals surface area (Å²) in [4.78, 5) is 12.7. The molecule has 0 saturated heterocycles. The molecule has 4 heteroatoms. The van der Waals surface area contributed by atoms with Crippen LogP contribution in [0.15, 0.2) is 17.0 Å². The summed E-state index contributed by atoms with van der Waals surface area (Å²) >= 11 is 1.77. The molecule has 3 nitrogen and oxygen atoms in total. The minimum atomic E-state index is -0.278. The Hall–Kier alpha value is -1.00. The molecule has 0 spiro atoms. The Balaban J connectivity index is 2.51. The van der Waals surface area contributed by atoms with Gasteiger partial charge < -0.3 is 10.5 Å². The maximum Gasteiger partial charge on any atom is 0.338 e. The van der Waals surface area contributed by atoms with Gasteiger partial charge in [-0.15, -0.1) is 11.8 Å². The lowest BCUT2D eigenvalue weighted by Crippen LogP contribution is -2.18. The molecule has 1 atom stereocenters. The summed E-state index contributed by atoms with van der Waals surface area (Å²) in [6.07, 6.45) is 0.995. The Labute approximate surface area is 99.4 Å². The van der Waals surface area contributed by atoms with E-state index in [1.807, 2.05) is 19.1 Å². The van der Waals surface area contributed by atoms with Crippen molar-refractivity contribution < 1.29 is 9.53 Å². The predicted octanol–water partition coefficient (Wildman–Crippen LogP) is 2.28. The molecule has 1 aliphatic heterocycles. The number of benzene rings is 1. The molecule has 86 valence electrons. The van der Waals surface area contributed by atoms with E-state index < -0.39 is 0 Å². The van der Waals surface area contributed by atoms with Crippen LogP contribution in [0.2, 0.25) is 0 Å². The zero-order chi connectivity index (χ0) is 11.7. The number of carbonyl (C=O) groups is 1. The largest absolute Gasteiger partial charge is 0.465 e. The van der Waals surface area contributed by atoms with Crippen LogP contribution in [-0.4, -0.2) is 18.8 Å². The number of esters is 1. The summed E-state index contributed by atoms with van der Waals surface area (Å²) < 4.78 is 4.76. The van der Waals surface area contributed by atoms with E-state index in [2.05, 4.69) is 0 Å². The summed E-state index contributed by atoms with van der Waals surface area (Å²) in [7, 11) is 1.40. The van der Waals surface area contributed by atoms with E-state index in [1.54, 1.807) is 11.8 Å². The molecular weight excluding hydrogens is 222 g/mol. The minimum absolute atomic E-state index is 0.0987. The molecule has 16 heavy (non-hydrogen) atoms. The molecule has 0 unspecified atom stereocenters. The molecule has 0 fully saturated rings. The van der Waals surface area contributed by atoms with Gasteiger partial charge in [0.2, 0.25) is 0 Å². The van der Waals surface area contributed by atoms with E-state index in [4.69, 9.17) is 10.5 Å². The first-order valence-electron chi connectivity index (χ1n) is 5.25. The Morgan fingerprint density at radius 1 is 1.56 bits per heavy atom. The van der Waals surface area contributed by atoms with E-state index >= 15 is 0 Å². The number of rotatable bonds is 1. The standard InChI is InChI=1S/C12H15NO2S/c1-7-8(12(14)15-2)3-4-9-10(13)5-6-16-11(7)9/h3-4,10H,5-6,13H2,1-2H3/t10-/m0/s1. The first-order valence-corrected chi connectivity index (χ1v) is 6.24. The number of hydrogen-bond acceptors (Lipinski definition) is 4. The van der Waals surface area contributed by atoms with Crippen molar-refractivity contribution >= 4 is 17.7 Å². The van der Waals surface area contributed by atoms with E-state index in [0.717, 1.165) is 28.2 Å². The molecule has 1 aromatic carbocycles. The van der Waals surface area contributed by atoms with E-state index in [-0.39, 0.29) is 12.0 Å². The second kappa shape index (κ2) is 4.47. The Kier molecular flexibility index (Phi) is 3.21. The van der Waals surface area contributed by atoms with Crippen molar-refractivity contribution in [1.29, 1.82) is 0 Å². The third kappa shape index (κ3) is 1.83. The fourth-order valence-corrected chi connectivity index (χ4v) is 3.26. The van der Waals surface area contributed by atoms with Gasteiger partial charge in [-0.05, 0) is 36.3 Å². The van der Waals surface area contributed by atoms with Crippen molar-refractivity contribution in [3.05, 3.63) is 28.8 Å². The van der Waals surface area contributed by atoms with Gasteiger partial charge in [-0.1, -0.05) is 6.07 Å². The number of methoxy groups -OCH3 is 1. The summed E-state index contributed by atoms with van der Waals surface area (Å²) in [6.45, 7) is 1.95. The van der Waals surface area contributed by atoms with Gasteiger partial charge in [-0.3, -0.25) is 0 Å². The highest BCUT2D eigenvalue weighted by Crippen LogP contribution is 2.38. The van der Waals surface area contributed by atoms with Gasteiger partial charge in [0.15, 0.2) is 0 Å².